The lowest BCUT2D eigenvalue weighted by molar-refractivity contribution is -0.145. The molecule has 1 heterocycles. The van der Waals surface area contributed by atoms with Crippen LogP contribution in [0.2, 0.25) is 0 Å². The van der Waals surface area contributed by atoms with E-state index in [1.807, 2.05) is 0 Å². The van der Waals surface area contributed by atoms with E-state index in [1.165, 1.54) is 6.07 Å². The Bertz CT molecular complexity index is 783. The zero-order chi connectivity index (χ0) is 17.7. The number of hydrogen-bond donors (Lipinski definition) is 1. The number of carbonyl (C=O) groups excluding carboxylic acids is 2. The normalized spacial score (nSPS) is 12.1. The van der Waals surface area contributed by atoms with Gasteiger partial charge in [-0.05, 0) is 12.1 Å². The van der Waals surface area contributed by atoms with Gasteiger partial charge in [-0.3, -0.25) is 9.59 Å². The van der Waals surface area contributed by atoms with Crippen molar-refractivity contribution >= 4 is 17.4 Å². The number of ketones is 1. The van der Waals surface area contributed by atoms with Crippen LogP contribution >= 0.6 is 0 Å². The third-order valence-corrected chi connectivity index (χ3v) is 2.88. The van der Waals surface area contributed by atoms with Gasteiger partial charge in [0.05, 0.1) is 11.6 Å². The molecule has 122 valence electrons. The van der Waals surface area contributed by atoms with Crippen molar-refractivity contribution in [1.29, 1.82) is 5.26 Å². The fraction of sp³-hybridized carbons (Fsp3) is 0.133. The van der Waals surface area contributed by atoms with Crippen molar-refractivity contribution in [2.75, 3.05) is 5.32 Å². The van der Waals surface area contributed by atoms with Gasteiger partial charge in [-0.1, -0.05) is 18.2 Å². The van der Waals surface area contributed by atoms with Gasteiger partial charge in [0, 0.05) is 18.1 Å². The third-order valence-electron chi connectivity index (χ3n) is 2.88. The number of para-hydroxylation sites is 1. The summed E-state index contributed by atoms with van der Waals surface area (Å²) in [7, 11) is 0. The maximum Gasteiger partial charge on any atom is 0.451 e. The predicted molar refractivity (Wildman–Crippen MR) is 75.5 cm³/mol. The maximum atomic E-state index is 12.4. The van der Waals surface area contributed by atoms with Crippen LogP contribution in [-0.2, 0) is 11.0 Å². The molecule has 0 saturated heterocycles. The van der Waals surface area contributed by atoms with Crippen molar-refractivity contribution in [3.63, 3.8) is 0 Å². The third kappa shape index (κ3) is 3.92. The summed E-state index contributed by atoms with van der Waals surface area (Å²) in [5.41, 5.74) is 0.0111. The molecule has 0 unspecified atom stereocenters. The minimum atomic E-state index is -4.75. The van der Waals surface area contributed by atoms with Gasteiger partial charge in [-0.15, -0.1) is 0 Å². The van der Waals surface area contributed by atoms with Crippen molar-refractivity contribution in [1.82, 2.24) is 9.97 Å². The topological polar surface area (TPSA) is 95.7 Å². The first-order valence-corrected chi connectivity index (χ1v) is 6.52. The van der Waals surface area contributed by atoms with Crippen molar-refractivity contribution in [3.8, 4) is 6.07 Å². The Morgan fingerprint density at radius 3 is 2.21 bits per heavy atom. The molecule has 0 bridgehead atoms. The van der Waals surface area contributed by atoms with E-state index in [-0.39, 0.29) is 5.56 Å². The number of rotatable bonds is 4. The Balaban J connectivity index is 2.17. The summed E-state index contributed by atoms with van der Waals surface area (Å²) in [6.45, 7) is 0. The molecule has 9 heteroatoms. The van der Waals surface area contributed by atoms with Crippen molar-refractivity contribution < 1.29 is 22.8 Å². The summed E-state index contributed by atoms with van der Waals surface area (Å²) in [5, 5.41) is 11.4. The summed E-state index contributed by atoms with van der Waals surface area (Å²) in [6, 6.07) is 9.63. The van der Waals surface area contributed by atoms with Crippen molar-refractivity contribution in [2.45, 2.75) is 6.18 Å². The van der Waals surface area contributed by atoms with Crippen LogP contribution in [-0.4, -0.2) is 21.7 Å². The highest BCUT2D eigenvalue weighted by atomic mass is 19.4. The highest BCUT2D eigenvalue weighted by Crippen LogP contribution is 2.25. The highest BCUT2D eigenvalue weighted by Gasteiger charge is 2.35. The molecule has 0 aliphatic carbocycles. The van der Waals surface area contributed by atoms with Gasteiger partial charge in [0.25, 0.3) is 0 Å². The molecule has 0 aliphatic rings. The molecule has 24 heavy (non-hydrogen) atoms. The number of hydrogen-bond acceptors (Lipinski definition) is 5. The molecule has 2 rings (SSSR count). The van der Waals surface area contributed by atoms with Crippen LogP contribution < -0.4 is 5.32 Å². The van der Waals surface area contributed by atoms with E-state index in [4.69, 9.17) is 5.26 Å². The van der Waals surface area contributed by atoms with Gasteiger partial charge in [0.1, 0.15) is 0 Å². The number of nitrogens with one attached hydrogen (secondary N) is 1. The van der Waals surface area contributed by atoms with Crippen LogP contribution in [0.15, 0.2) is 42.7 Å². The predicted octanol–water partition coefficient (Wildman–Crippen LogP) is 2.46. The summed E-state index contributed by atoms with van der Waals surface area (Å²) in [6.07, 6.45) is -3.47. The Labute approximate surface area is 134 Å². The van der Waals surface area contributed by atoms with Gasteiger partial charge < -0.3 is 5.32 Å². The van der Waals surface area contributed by atoms with Crippen LogP contribution in [0, 0.1) is 17.2 Å². The maximum absolute atomic E-state index is 12.4. The first-order chi connectivity index (χ1) is 11.3. The minimum absolute atomic E-state index is 0.363. The fourth-order valence-corrected chi connectivity index (χ4v) is 1.74. The summed E-state index contributed by atoms with van der Waals surface area (Å²) in [4.78, 5) is 30.2. The van der Waals surface area contributed by atoms with Crippen LogP contribution in [0.5, 0.6) is 0 Å². The molecule has 6 nitrogen and oxygen atoms in total. The van der Waals surface area contributed by atoms with Gasteiger partial charge in [-0.25, -0.2) is 9.97 Å². The minimum Gasteiger partial charge on any atom is -0.325 e. The second-order valence-corrected chi connectivity index (χ2v) is 4.57. The average Bonchev–Trinajstić information content (AvgIpc) is 2.55. The van der Waals surface area contributed by atoms with Crippen LogP contribution in [0.1, 0.15) is 16.2 Å². The SMILES string of the molecule is N#C[C@@H](C(=O)Nc1ccccc1)C(=O)c1cnc(C(F)(F)F)nc1. The monoisotopic (exact) mass is 334 g/mol. The quantitative estimate of drug-likeness (QED) is 0.684. The number of nitriles is 1. The summed E-state index contributed by atoms with van der Waals surface area (Å²) < 4.78 is 37.2. The average molecular weight is 334 g/mol. The molecule has 1 N–H and O–H groups in total. The van der Waals surface area contributed by atoms with Crippen LogP contribution in [0.25, 0.3) is 0 Å². The number of nitrogens with zero attached hydrogens (tertiary/aromatic N) is 3. The zero-order valence-electron chi connectivity index (χ0n) is 11.9. The highest BCUT2D eigenvalue weighted by molar-refractivity contribution is 6.15. The molecule has 1 aromatic carbocycles. The Kier molecular flexibility index (Phi) is 4.89. The number of Topliss-reactive ketones (excluding diaryl/α,β-unsaturated/α-hetero) is 1. The van der Waals surface area contributed by atoms with Gasteiger partial charge in [0.2, 0.25) is 11.7 Å². The van der Waals surface area contributed by atoms with E-state index >= 15 is 0 Å². The largest absolute Gasteiger partial charge is 0.451 e. The number of halogens is 3. The molecule has 0 saturated carbocycles. The van der Waals surface area contributed by atoms with Gasteiger partial charge in [0.15, 0.2) is 11.7 Å². The van der Waals surface area contributed by atoms with E-state index < -0.39 is 29.6 Å². The van der Waals surface area contributed by atoms with Crippen LogP contribution in [0.3, 0.4) is 0 Å². The molecule has 1 amide bonds. The lowest BCUT2D eigenvalue weighted by Gasteiger charge is -2.10. The molecule has 0 radical (unpaired) electrons. The van der Waals surface area contributed by atoms with E-state index in [0.29, 0.717) is 18.1 Å². The Morgan fingerprint density at radius 2 is 1.71 bits per heavy atom. The molecular weight excluding hydrogens is 325 g/mol. The van der Waals surface area contributed by atoms with E-state index in [9.17, 15) is 22.8 Å². The number of amides is 1. The summed E-state index contributed by atoms with van der Waals surface area (Å²) in [5.74, 6) is -5.03. The zero-order valence-corrected chi connectivity index (χ0v) is 11.9. The fourth-order valence-electron chi connectivity index (χ4n) is 1.74. The van der Waals surface area contributed by atoms with Gasteiger partial charge in [-0.2, -0.15) is 18.4 Å². The lowest BCUT2D eigenvalue weighted by atomic mass is 10.00. The molecule has 0 spiro atoms. The van der Waals surface area contributed by atoms with Crippen molar-refractivity contribution in [3.05, 3.63) is 54.1 Å². The molecule has 2 aromatic rings. The Morgan fingerprint density at radius 1 is 1.12 bits per heavy atom. The Hall–Kier alpha value is -3.28. The molecule has 1 atom stereocenters. The smallest absolute Gasteiger partial charge is 0.325 e. The molecule has 0 aliphatic heterocycles. The molecule has 0 fully saturated rings. The molecule has 1 aromatic heterocycles. The van der Waals surface area contributed by atoms with Crippen molar-refractivity contribution in [2.24, 2.45) is 5.92 Å². The molecular formula is C15H9F3N4O2. The number of aromatic nitrogens is 2. The first-order valence-electron chi connectivity index (χ1n) is 6.52. The second kappa shape index (κ2) is 6.87. The lowest BCUT2D eigenvalue weighted by Crippen LogP contribution is -2.29. The van der Waals surface area contributed by atoms with Gasteiger partial charge >= 0.3 is 6.18 Å². The second-order valence-electron chi connectivity index (χ2n) is 4.57. The van der Waals surface area contributed by atoms with Crippen LogP contribution in [0.4, 0.5) is 18.9 Å². The number of carbonyl (C=O) groups is 2. The number of benzene rings is 1. The first kappa shape index (κ1) is 17.1. The van der Waals surface area contributed by atoms with E-state index in [1.54, 1.807) is 30.3 Å². The number of anilines is 1. The van der Waals surface area contributed by atoms with E-state index in [2.05, 4.69) is 15.3 Å². The number of alkyl halides is 3. The standard InChI is InChI=1S/C15H9F3N4O2/c16-15(17,18)14-20-7-9(8-21-14)12(23)11(6-19)13(24)22-10-4-2-1-3-5-10/h1-5,7-8,11H,(H,22,24)/t11-/m1/s1. The summed E-state index contributed by atoms with van der Waals surface area (Å²) >= 11 is 0. The van der Waals surface area contributed by atoms with E-state index in [0.717, 1.165) is 0 Å².